The van der Waals surface area contributed by atoms with Crippen LogP contribution >= 0.6 is 0 Å². The molecule has 0 atom stereocenters. The van der Waals surface area contributed by atoms with Crippen LogP contribution < -0.4 is 15.5 Å². The van der Waals surface area contributed by atoms with E-state index in [9.17, 15) is 9.59 Å². The second-order valence-electron chi connectivity index (χ2n) is 4.69. The molecule has 2 N–H and O–H groups in total. The SMILES string of the molecule is C=CCOc1ccc(/C=N\NC(=O)C(=O)Nc2ccccc2)cc1. The van der Waals surface area contributed by atoms with Gasteiger partial charge in [0, 0.05) is 5.69 Å². The number of anilines is 1. The van der Waals surface area contributed by atoms with Gasteiger partial charge in [-0.05, 0) is 42.0 Å². The van der Waals surface area contributed by atoms with Gasteiger partial charge in [-0.3, -0.25) is 9.59 Å². The van der Waals surface area contributed by atoms with Crippen molar-refractivity contribution in [2.75, 3.05) is 11.9 Å². The maximum Gasteiger partial charge on any atom is 0.329 e. The summed E-state index contributed by atoms with van der Waals surface area (Å²) >= 11 is 0. The molecule has 2 amide bonds. The number of hydrazone groups is 1. The third kappa shape index (κ3) is 5.42. The maximum absolute atomic E-state index is 11.7. The number of rotatable bonds is 6. The normalized spacial score (nSPS) is 10.2. The van der Waals surface area contributed by atoms with E-state index in [0.29, 0.717) is 18.0 Å². The Kier molecular flexibility index (Phi) is 6.28. The second-order valence-corrected chi connectivity index (χ2v) is 4.69. The van der Waals surface area contributed by atoms with Crippen LogP contribution in [0, 0.1) is 0 Å². The van der Waals surface area contributed by atoms with E-state index < -0.39 is 11.8 Å². The predicted octanol–water partition coefficient (Wildman–Crippen LogP) is 2.34. The Morgan fingerprint density at radius 2 is 1.75 bits per heavy atom. The van der Waals surface area contributed by atoms with Crippen LogP contribution in [-0.2, 0) is 9.59 Å². The van der Waals surface area contributed by atoms with Crippen molar-refractivity contribution in [2.45, 2.75) is 0 Å². The minimum Gasteiger partial charge on any atom is -0.490 e. The molecule has 2 aromatic rings. The molecule has 0 radical (unpaired) electrons. The Bertz CT molecular complexity index is 725. The summed E-state index contributed by atoms with van der Waals surface area (Å²) in [4.78, 5) is 23.3. The minimum absolute atomic E-state index is 0.431. The summed E-state index contributed by atoms with van der Waals surface area (Å²) in [7, 11) is 0. The largest absolute Gasteiger partial charge is 0.490 e. The molecule has 0 aromatic heterocycles. The van der Waals surface area contributed by atoms with Crippen molar-refractivity contribution < 1.29 is 14.3 Å². The molecule has 0 fully saturated rings. The summed E-state index contributed by atoms with van der Waals surface area (Å²) in [6, 6.07) is 15.8. The fourth-order valence-electron chi connectivity index (χ4n) is 1.73. The molecule has 24 heavy (non-hydrogen) atoms. The molecular formula is C18H17N3O3. The number of para-hydroxylation sites is 1. The van der Waals surface area contributed by atoms with E-state index >= 15 is 0 Å². The van der Waals surface area contributed by atoms with Crippen LogP contribution in [0.5, 0.6) is 5.75 Å². The van der Waals surface area contributed by atoms with E-state index in [4.69, 9.17) is 4.74 Å². The number of amides is 2. The van der Waals surface area contributed by atoms with Crippen molar-refractivity contribution in [3.8, 4) is 5.75 Å². The average Bonchev–Trinajstić information content (AvgIpc) is 2.61. The number of nitrogens with one attached hydrogen (secondary N) is 2. The summed E-state index contributed by atoms with van der Waals surface area (Å²) in [5, 5.41) is 6.22. The monoisotopic (exact) mass is 323 g/mol. The molecule has 0 saturated carbocycles. The fourth-order valence-corrected chi connectivity index (χ4v) is 1.73. The van der Waals surface area contributed by atoms with Crippen molar-refractivity contribution in [1.82, 2.24) is 5.43 Å². The van der Waals surface area contributed by atoms with Crippen molar-refractivity contribution in [3.63, 3.8) is 0 Å². The Balaban J connectivity index is 1.83. The van der Waals surface area contributed by atoms with Gasteiger partial charge in [-0.25, -0.2) is 5.43 Å². The highest BCUT2D eigenvalue weighted by Crippen LogP contribution is 2.10. The number of carbonyl (C=O) groups is 2. The van der Waals surface area contributed by atoms with Gasteiger partial charge in [0.2, 0.25) is 0 Å². The Labute approximate surface area is 139 Å². The number of nitrogens with zero attached hydrogens (tertiary/aromatic N) is 1. The summed E-state index contributed by atoms with van der Waals surface area (Å²) < 4.78 is 5.36. The van der Waals surface area contributed by atoms with Crippen LogP contribution in [0.25, 0.3) is 0 Å². The van der Waals surface area contributed by atoms with Crippen LogP contribution in [-0.4, -0.2) is 24.6 Å². The zero-order valence-corrected chi connectivity index (χ0v) is 12.9. The van der Waals surface area contributed by atoms with E-state index in [2.05, 4.69) is 22.4 Å². The first-order valence-corrected chi connectivity index (χ1v) is 7.22. The molecule has 0 aliphatic carbocycles. The molecule has 2 aromatic carbocycles. The smallest absolute Gasteiger partial charge is 0.329 e. The zero-order chi connectivity index (χ0) is 17.2. The van der Waals surface area contributed by atoms with Gasteiger partial charge in [0.25, 0.3) is 0 Å². The lowest BCUT2D eigenvalue weighted by Crippen LogP contribution is -2.32. The second kappa shape index (κ2) is 8.89. The quantitative estimate of drug-likeness (QED) is 0.371. The highest BCUT2D eigenvalue weighted by Gasteiger charge is 2.12. The van der Waals surface area contributed by atoms with Crippen molar-refractivity contribution in [2.24, 2.45) is 5.10 Å². The van der Waals surface area contributed by atoms with Gasteiger partial charge in [-0.2, -0.15) is 5.10 Å². The van der Waals surface area contributed by atoms with Gasteiger partial charge in [0.15, 0.2) is 0 Å². The van der Waals surface area contributed by atoms with Gasteiger partial charge in [0.05, 0.1) is 6.21 Å². The molecule has 0 aliphatic rings. The maximum atomic E-state index is 11.7. The van der Waals surface area contributed by atoms with Crippen molar-refractivity contribution in [3.05, 3.63) is 72.8 Å². The summed E-state index contributed by atoms with van der Waals surface area (Å²) in [6.45, 7) is 4.00. The van der Waals surface area contributed by atoms with E-state index in [0.717, 1.165) is 5.56 Å². The van der Waals surface area contributed by atoms with Crippen molar-refractivity contribution in [1.29, 1.82) is 0 Å². The lowest BCUT2D eigenvalue weighted by molar-refractivity contribution is -0.136. The Morgan fingerprint density at radius 1 is 1.04 bits per heavy atom. The van der Waals surface area contributed by atoms with E-state index in [1.54, 1.807) is 54.6 Å². The number of benzene rings is 2. The van der Waals surface area contributed by atoms with Crippen LogP contribution in [0.15, 0.2) is 72.4 Å². The minimum atomic E-state index is -0.846. The van der Waals surface area contributed by atoms with E-state index in [-0.39, 0.29) is 0 Å². The first-order valence-electron chi connectivity index (χ1n) is 7.22. The molecule has 6 heteroatoms. The van der Waals surface area contributed by atoms with Gasteiger partial charge >= 0.3 is 11.8 Å². The van der Waals surface area contributed by atoms with Crippen molar-refractivity contribution >= 4 is 23.7 Å². The van der Waals surface area contributed by atoms with Crippen LogP contribution in [0.2, 0.25) is 0 Å². The Hall–Kier alpha value is -3.41. The molecule has 0 unspecified atom stereocenters. The van der Waals surface area contributed by atoms with Gasteiger partial charge in [-0.15, -0.1) is 0 Å². The van der Waals surface area contributed by atoms with Gasteiger partial charge in [0.1, 0.15) is 12.4 Å². The molecule has 0 heterocycles. The molecule has 0 aliphatic heterocycles. The molecule has 0 spiro atoms. The van der Waals surface area contributed by atoms with Gasteiger partial charge < -0.3 is 10.1 Å². The first kappa shape index (κ1) is 17.0. The molecule has 122 valence electrons. The Morgan fingerprint density at radius 3 is 2.42 bits per heavy atom. The lowest BCUT2D eigenvalue weighted by atomic mass is 10.2. The van der Waals surface area contributed by atoms with E-state index in [1.807, 2.05) is 6.07 Å². The number of hydrogen-bond donors (Lipinski definition) is 2. The summed E-state index contributed by atoms with van der Waals surface area (Å²) in [5.74, 6) is -0.925. The number of ether oxygens (including phenoxy) is 1. The highest BCUT2D eigenvalue weighted by molar-refractivity contribution is 6.39. The number of carbonyl (C=O) groups excluding carboxylic acids is 2. The molecule has 2 rings (SSSR count). The number of hydrogen-bond acceptors (Lipinski definition) is 4. The molecule has 0 bridgehead atoms. The third-order valence-corrected chi connectivity index (χ3v) is 2.87. The van der Waals surface area contributed by atoms with Crippen LogP contribution in [0.1, 0.15) is 5.56 Å². The average molecular weight is 323 g/mol. The predicted molar refractivity (Wildman–Crippen MR) is 92.9 cm³/mol. The van der Waals surface area contributed by atoms with Gasteiger partial charge in [-0.1, -0.05) is 30.9 Å². The molecule has 6 nitrogen and oxygen atoms in total. The summed E-state index contributed by atoms with van der Waals surface area (Å²) in [6.07, 6.45) is 3.09. The lowest BCUT2D eigenvalue weighted by Gasteiger charge is -2.03. The van der Waals surface area contributed by atoms with Crippen LogP contribution in [0.4, 0.5) is 5.69 Å². The fraction of sp³-hybridized carbons (Fsp3) is 0.0556. The van der Waals surface area contributed by atoms with Crippen LogP contribution in [0.3, 0.4) is 0 Å². The zero-order valence-electron chi connectivity index (χ0n) is 12.9. The summed E-state index contributed by atoms with van der Waals surface area (Å²) in [5.41, 5.74) is 3.47. The topological polar surface area (TPSA) is 79.8 Å². The highest BCUT2D eigenvalue weighted by atomic mass is 16.5. The standard InChI is InChI=1S/C18H17N3O3/c1-2-12-24-16-10-8-14(9-11-16)13-19-21-18(23)17(22)20-15-6-4-3-5-7-15/h2-11,13H,1,12H2,(H,20,22)(H,21,23)/b19-13-. The molecular weight excluding hydrogens is 306 g/mol. The third-order valence-electron chi connectivity index (χ3n) is 2.87. The molecule has 0 saturated heterocycles. The van der Waals surface area contributed by atoms with E-state index in [1.165, 1.54) is 6.21 Å². The first-order chi connectivity index (χ1) is 11.7.